The average molecular weight is 520 g/mol. The van der Waals surface area contributed by atoms with Gasteiger partial charge in [0.05, 0.1) is 22.8 Å². The van der Waals surface area contributed by atoms with Crippen LogP contribution in [0.25, 0.3) is 11.0 Å². The second kappa shape index (κ2) is 9.48. The van der Waals surface area contributed by atoms with Crippen molar-refractivity contribution in [2.24, 2.45) is 0 Å². The largest absolute Gasteiger partial charge is 0.476 e. The van der Waals surface area contributed by atoms with Crippen LogP contribution in [0.5, 0.6) is 0 Å². The lowest BCUT2D eigenvalue weighted by Gasteiger charge is -2.30. The molecule has 0 saturated carbocycles. The summed E-state index contributed by atoms with van der Waals surface area (Å²) >= 11 is 5.92. The number of anilines is 2. The SMILES string of the molecule is Cc1cc([C@@H](C)Nc2ccc(Cl)nc2C(=O)O)c2nc(N3C4CCC3CN(C)C(=O)C4)c(C#N)nc2c1. The number of hydrogen-bond acceptors (Lipinski definition) is 8. The Morgan fingerprint density at radius 3 is 2.73 bits per heavy atom. The van der Waals surface area contributed by atoms with Crippen LogP contribution in [0.2, 0.25) is 5.15 Å². The Kier molecular flexibility index (Phi) is 6.33. The lowest BCUT2D eigenvalue weighted by Crippen LogP contribution is -2.39. The summed E-state index contributed by atoms with van der Waals surface area (Å²) in [6.45, 7) is 4.40. The number of nitriles is 1. The van der Waals surface area contributed by atoms with Crippen molar-refractivity contribution in [1.29, 1.82) is 5.26 Å². The minimum absolute atomic E-state index is 0.0380. The number of aromatic carboxylic acids is 1. The van der Waals surface area contributed by atoms with Gasteiger partial charge in [-0.1, -0.05) is 17.7 Å². The van der Waals surface area contributed by atoms with Crippen LogP contribution in [0.4, 0.5) is 11.5 Å². The molecule has 1 aromatic carbocycles. The number of halogens is 1. The molecule has 3 aromatic rings. The van der Waals surface area contributed by atoms with Gasteiger partial charge in [0.15, 0.2) is 17.2 Å². The van der Waals surface area contributed by atoms with Gasteiger partial charge in [-0.15, -0.1) is 0 Å². The van der Waals surface area contributed by atoms with Crippen LogP contribution in [0.3, 0.4) is 0 Å². The lowest BCUT2D eigenvalue weighted by molar-refractivity contribution is -0.129. The van der Waals surface area contributed by atoms with Crippen LogP contribution >= 0.6 is 11.6 Å². The molecule has 2 aromatic heterocycles. The third-order valence-corrected chi connectivity index (χ3v) is 7.33. The zero-order valence-corrected chi connectivity index (χ0v) is 21.5. The Bertz CT molecular complexity index is 1470. The van der Waals surface area contributed by atoms with Crippen molar-refractivity contribution in [1.82, 2.24) is 19.9 Å². The minimum Gasteiger partial charge on any atom is -0.476 e. The van der Waals surface area contributed by atoms with Crippen LogP contribution in [-0.2, 0) is 4.79 Å². The number of likely N-dealkylation sites (tertiary alicyclic amines) is 1. The van der Waals surface area contributed by atoms with E-state index in [2.05, 4.69) is 26.3 Å². The van der Waals surface area contributed by atoms with E-state index in [1.54, 1.807) is 11.0 Å². The molecule has 190 valence electrons. The molecule has 3 atom stereocenters. The summed E-state index contributed by atoms with van der Waals surface area (Å²) < 4.78 is 0. The smallest absolute Gasteiger partial charge is 0.356 e. The monoisotopic (exact) mass is 519 g/mol. The standard InChI is InChI=1S/C26H26ClN7O3/c1-13-8-17(14(2)29-18-6-7-21(27)31-24(18)26(36)37)23-19(9-13)30-20(11-28)25(32-23)34-15-4-5-16(34)12-33(3)22(35)10-15/h6-9,14-16,29H,4-5,10,12H2,1-3H3,(H,36,37)/t14-,15?,16?/m1/s1. The van der Waals surface area contributed by atoms with E-state index in [9.17, 15) is 20.0 Å². The van der Waals surface area contributed by atoms with Gasteiger partial charge in [-0.2, -0.15) is 5.26 Å². The molecule has 0 spiro atoms. The quantitative estimate of drug-likeness (QED) is 0.480. The molecule has 2 aliphatic heterocycles. The molecule has 2 fully saturated rings. The van der Waals surface area contributed by atoms with Crippen molar-refractivity contribution >= 4 is 46.0 Å². The van der Waals surface area contributed by atoms with Gasteiger partial charge >= 0.3 is 5.97 Å². The molecule has 11 heteroatoms. The van der Waals surface area contributed by atoms with E-state index in [0.717, 1.165) is 24.0 Å². The summed E-state index contributed by atoms with van der Waals surface area (Å²) in [6, 6.07) is 8.83. The van der Waals surface area contributed by atoms with E-state index >= 15 is 0 Å². The Morgan fingerprint density at radius 2 is 2.00 bits per heavy atom. The summed E-state index contributed by atoms with van der Waals surface area (Å²) in [5.74, 6) is -0.616. The number of benzene rings is 1. The van der Waals surface area contributed by atoms with Crippen molar-refractivity contribution in [2.45, 2.75) is 51.2 Å². The zero-order chi connectivity index (χ0) is 26.4. The second-order valence-electron chi connectivity index (χ2n) is 9.70. The molecule has 10 nitrogen and oxygen atoms in total. The maximum absolute atomic E-state index is 12.5. The van der Waals surface area contributed by atoms with Gasteiger partial charge in [-0.05, 0) is 50.5 Å². The second-order valence-corrected chi connectivity index (χ2v) is 10.1. The lowest BCUT2D eigenvalue weighted by atomic mass is 10.0. The first kappa shape index (κ1) is 24.7. The first-order chi connectivity index (χ1) is 17.7. The molecular formula is C26H26ClN7O3. The third kappa shape index (κ3) is 4.51. The van der Waals surface area contributed by atoms with Crippen molar-refractivity contribution in [2.75, 3.05) is 23.8 Å². The summed E-state index contributed by atoms with van der Waals surface area (Å²) in [5.41, 5.74) is 3.30. The van der Waals surface area contributed by atoms with Gasteiger partial charge in [0.25, 0.3) is 0 Å². The highest BCUT2D eigenvalue weighted by molar-refractivity contribution is 6.29. The fourth-order valence-electron chi connectivity index (χ4n) is 5.40. The maximum atomic E-state index is 12.5. The molecule has 5 rings (SSSR count). The fraction of sp³-hybridized carbons (Fsp3) is 0.385. The Morgan fingerprint density at radius 1 is 1.24 bits per heavy atom. The third-order valence-electron chi connectivity index (χ3n) is 7.12. The molecule has 2 unspecified atom stereocenters. The minimum atomic E-state index is -1.19. The molecule has 1 amide bonds. The van der Waals surface area contributed by atoms with Gasteiger partial charge in [0.2, 0.25) is 5.91 Å². The summed E-state index contributed by atoms with van der Waals surface area (Å²) in [4.78, 5) is 41.8. The van der Waals surface area contributed by atoms with Crippen LogP contribution in [0, 0.1) is 18.3 Å². The number of amides is 1. The van der Waals surface area contributed by atoms with Crippen LogP contribution in [0.1, 0.15) is 59.5 Å². The molecule has 0 aliphatic carbocycles. The first-order valence-corrected chi connectivity index (χ1v) is 12.4. The molecular weight excluding hydrogens is 494 g/mol. The zero-order valence-electron chi connectivity index (χ0n) is 20.7. The predicted molar refractivity (Wildman–Crippen MR) is 139 cm³/mol. The summed E-state index contributed by atoms with van der Waals surface area (Å²) in [6.07, 6.45) is 2.14. The number of carboxylic acid groups (broad SMARTS) is 1. The highest BCUT2D eigenvalue weighted by Gasteiger charge is 2.41. The van der Waals surface area contributed by atoms with Crippen molar-refractivity contribution < 1.29 is 14.7 Å². The average Bonchev–Trinajstić information content (AvgIpc) is 3.19. The number of rotatable bonds is 5. The molecule has 0 radical (unpaired) electrons. The molecule has 2 bridgehead atoms. The molecule has 2 aliphatic rings. The van der Waals surface area contributed by atoms with E-state index < -0.39 is 5.97 Å². The van der Waals surface area contributed by atoms with E-state index in [-0.39, 0.29) is 40.6 Å². The van der Waals surface area contributed by atoms with Gasteiger partial charge < -0.3 is 20.2 Å². The van der Waals surface area contributed by atoms with Crippen LogP contribution in [0.15, 0.2) is 24.3 Å². The van der Waals surface area contributed by atoms with Gasteiger partial charge in [-0.3, -0.25) is 4.79 Å². The highest BCUT2D eigenvalue weighted by atomic mass is 35.5. The fourth-order valence-corrected chi connectivity index (χ4v) is 5.54. The normalized spacial score (nSPS) is 20.0. The highest BCUT2D eigenvalue weighted by Crippen LogP contribution is 2.37. The number of pyridine rings is 1. The number of carbonyl (C=O) groups excluding carboxylic acids is 1. The molecule has 4 heterocycles. The van der Waals surface area contributed by atoms with Crippen molar-refractivity contribution in [3.8, 4) is 6.07 Å². The summed E-state index contributed by atoms with van der Waals surface area (Å²) in [5, 5.41) is 22.9. The number of nitrogens with zero attached hydrogens (tertiary/aromatic N) is 6. The maximum Gasteiger partial charge on any atom is 0.356 e. The number of carbonyl (C=O) groups is 2. The number of aromatic nitrogens is 3. The number of aryl methyl sites for hydroxylation is 1. The number of fused-ring (bicyclic) bond motifs is 3. The topological polar surface area (TPSA) is 135 Å². The number of nitrogens with one attached hydrogen (secondary N) is 1. The van der Waals surface area contributed by atoms with Gasteiger partial charge in [0, 0.05) is 37.7 Å². The molecule has 2 saturated heterocycles. The van der Waals surface area contributed by atoms with Gasteiger partial charge in [-0.25, -0.2) is 19.7 Å². The Labute approximate surface area is 218 Å². The summed E-state index contributed by atoms with van der Waals surface area (Å²) in [7, 11) is 1.81. The van der Waals surface area contributed by atoms with Crippen molar-refractivity contribution in [3.05, 3.63) is 51.9 Å². The van der Waals surface area contributed by atoms with E-state index in [1.807, 2.05) is 33.0 Å². The number of likely N-dealkylation sites (N-methyl/N-ethyl adjacent to an activating group) is 1. The van der Waals surface area contributed by atoms with Crippen molar-refractivity contribution in [3.63, 3.8) is 0 Å². The Balaban J connectivity index is 1.61. The first-order valence-electron chi connectivity index (χ1n) is 12.1. The van der Waals surface area contributed by atoms with E-state index in [1.165, 1.54) is 6.07 Å². The molecule has 2 N–H and O–H groups in total. The van der Waals surface area contributed by atoms with Gasteiger partial charge in [0.1, 0.15) is 11.2 Å². The van der Waals surface area contributed by atoms with E-state index in [4.69, 9.17) is 16.6 Å². The molecule has 37 heavy (non-hydrogen) atoms. The van der Waals surface area contributed by atoms with Crippen LogP contribution < -0.4 is 10.2 Å². The Hall–Kier alpha value is -3.97. The predicted octanol–water partition coefficient (Wildman–Crippen LogP) is 3.93. The number of carboxylic acids is 1. The van der Waals surface area contributed by atoms with Crippen LogP contribution in [-0.4, -0.2) is 62.5 Å². The number of hydrogen-bond donors (Lipinski definition) is 2. The van der Waals surface area contributed by atoms with E-state index in [0.29, 0.717) is 35.5 Å².